The van der Waals surface area contributed by atoms with Gasteiger partial charge < -0.3 is 9.97 Å². The van der Waals surface area contributed by atoms with Crippen molar-refractivity contribution < 1.29 is 0 Å². The molecule has 72 valence electrons. The minimum absolute atomic E-state index is 0.630. The Morgan fingerprint density at radius 3 is 2.93 bits per heavy atom. The van der Waals surface area contributed by atoms with Crippen LogP contribution in [-0.4, -0.2) is 15.0 Å². The Hall–Kier alpha value is -1.42. The molecule has 0 aliphatic rings. The quantitative estimate of drug-likeness (QED) is 0.740. The minimum atomic E-state index is 0.630. The number of rotatable bonds is 2. The zero-order valence-corrected chi connectivity index (χ0v) is 8.69. The molecular formula is C10H11N3S. The van der Waals surface area contributed by atoms with Gasteiger partial charge in [-0.05, 0) is 12.1 Å². The first-order valence-electron chi connectivity index (χ1n) is 4.53. The number of nitrogens with zero attached hydrogens (tertiary/aromatic N) is 1. The van der Waals surface area contributed by atoms with Gasteiger partial charge in [-0.1, -0.05) is 19.1 Å². The van der Waals surface area contributed by atoms with Crippen LogP contribution in [0.4, 0.5) is 0 Å². The third-order valence-electron chi connectivity index (χ3n) is 2.01. The van der Waals surface area contributed by atoms with Crippen LogP contribution in [0.1, 0.15) is 12.7 Å². The molecule has 4 heteroatoms. The summed E-state index contributed by atoms with van der Waals surface area (Å²) >= 11 is 5.08. The molecule has 0 amide bonds. The number of nitrogens with one attached hydrogen (secondary N) is 2. The predicted octanol–water partition coefficient (Wildman–Crippen LogP) is 2.70. The van der Waals surface area contributed by atoms with Gasteiger partial charge in [-0.25, -0.2) is 4.98 Å². The molecular weight excluding hydrogens is 194 g/mol. The molecule has 0 aliphatic heterocycles. The maximum Gasteiger partial charge on any atom is 0.130 e. The predicted molar refractivity (Wildman–Crippen MR) is 58.6 cm³/mol. The van der Waals surface area contributed by atoms with Crippen molar-refractivity contribution in [3.8, 4) is 11.4 Å². The summed E-state index contributed by atoms with van der Waals surface area (Å²) in [5, 5.41) is 0. The molecule has 3 nitrogen and oxygen atoms in total. The van der Waals surface area contributed by atoms with Gasteiger partial charge in [-0.15, -0.1) is 0 Å². The second-order valence-corrected chi connectivity index (χ2v) is 3.44. The van der Waals surface area contributed by atoms with Crippen molar-refractivity contribution in [1.29, 1.82) is 0 Å². The lowest BCUT2D eigenvalue weighted by Gasteiger charge is -2.01. The van der Waals surface area contributed by atoms with E-state index in [4.69, 9.17) is 12.2 Å². The summed E-state index contributed by atoms with van der Waals surface area (Å²) in [6.45, 7) is 2.05. The summed E-state index contributed by atoms with van der Waals surface area (Å²) in [7, 11) is 0. The summed E-state index contributed by atoms with van der Waals surface area (Å²) in [5.41, 5.74) is 2.03. The van der Waals surface area contributed by atoms with Gasteiger partial charge in [0.25, 0.3) is 0 Å². The molecule has 0 saturated carbocycles. The molecule has 0 saturated heterocycles. The lowest BCUT2D eigenvalue weighted by Crippen LogP contribution is -1.95. The van der Waals surface area contributed by atoms with Gasteiger partial charge in [0.05, 0.1) is 11.4 Å². The minimum Gasteiger partial charge on any atom is -0.360 e. The first kappa shape index (κ1) is 9.15. The molecule has 0 spiro atoms. The molecule has 0 aromatic carbocycles. The Morgan fingerprint density at radius 1 is 1.43 bits per heavy atom. The number of hydrogen-bond acceptors (Lipinski definition) is 2. The monoisotopic (exact) mass is 205 g/mol. The Balaban J connectivity index is 2.54. The van der Waals surface area contributed by atoms with Gasteiger partial charge in [-0.3, -0.25) is 0 Å². The van der Waals surface area contributed by atoms with E-state index in [0.717, 1.165) is 23.6 Å². The van der Waals surface area contributed by atoms with Crippen molar-refractivity contribution in [2.24, 2.45) is 0 Å². The Bertz CT molecular complexity index is 470. The van der Waals surface area contributed by atoms with Crippen LogP contribution in [0.3, 0.4) is 0 Å². The first-order valence-corrected chi connectivity index (χ1v) is 4.94. The first-order chi connectivity index (χ1) is 6.79. The van der Waals surface area contributed by atoms with Gasteiger partial charge in [0.2, 0.25) is 0 Å². The van der Waals surface area contributed by atoms with E-state index >= 15 is 0 Å². The second kappa shape index (κ2) is 3.75. The SMILES string of the molecule is CCc1nc(=S)cc(-c2ccc[nH]2)[nH]1. The highest BCUT2D eigenvalue weighted by Gasteiger charge is 2.00. The van der Waals surface area contributed by atoms with E-state index in [9.17, 15) is 0 Å². The van der Waals surface area contributed by atoms with Gasteiger partial charge in [0.1, 0.15) is 10.5 Å². The average molecular weight is 205 g/mol. The summed E-state index contributed by atoms with van der Waals surface area (Å²) in [6, 6.07) is 5.82. The van der Waals surface area contributed by atoms with Crippen molar-refractivity contribution in [1.82, 2.24) is 15.0 Å². The van der Waals surface area contributed by atoms with Crippen LogP contribution in [0.2, 0.25) is 0 Å². The number of aryl methyl sites for hydroxylation is 1. The van der Waals surface area contributed by atoms with E-state index in [1.165, 1.54) is 0 Å². The van der Waals surface area contributed by atoms with E-state index in [1.807, 2.05) is 31.3 Å². The fourth-order valence-corrected chi connectivity index (χ4v) is 1.55. The molecule has 0 unspecified atom stereocenters. The normalized spacial score (nSPS) is 10.4. The summed E-state index contributed by atoms with van der Waals surface area (Å²) in [4.78, 5) is 10.6. The van der Waals surface area contributed by atoms with Crippen molar-refractivity contribution in [2.45, 2.75) is 13.3 Å². The Morgan fingerprint density at radius 2 is 2.29 bits per heavy atom. The highest BCUT2D eigenvalue weighted by Crippen LogP contribution is 2.13. The Kier molecular flexibility index (Phi) is 2.45. The van der Waals surface area contributed by atoms with E-state index in [-0.39, 0.29) is 0 Å². The molecule has 14 heavy (non-hydrogen) atoms. The maximum atomic E-state index is 5.08. The van der Waals surface area contributed by atoms with Crippen LogP contribution < -0.4 is 0 Å². The summed E-state index contributed by atoms with van der Waals surface area (Å²) in [5.74, 6) is 0.919. The van der Waals surface area contributed by atoms with Gasteiger partial charge in [-0.2, -0.15) is 0 Å². The summed E-state index contributed by atoms with van der Waals surface area (Å²) < 4.78 is 0.630. The second-order valence-electron chi connectivity index (χ2n) is 3.02. The van der Waals surface area contributed by atoms with Crippen molar-refractivity contribution >= 4 is 12.2 Å². The van der Waals surface area contributed by atoms with Crippen LogP contribution in [-0.2, 0) is 6.42 Å². The molecule has 2 rings (SSSR count). The highest BCUT2D eigenvalue weighted by molar-refractivity contribution is 7.71. The molecule has 0 fully saturated rings. The topological polar surface area (TPSA) is 44.5 Å². The number of hydrogen-bond donors (Lipinski definition) is 2. The maximum absolute atomic E-state index is 5.08. The smallest absolute Gasteiger partial charge is 0.130 e. The van der Waals surface area contributed by atoms with Crippen molar-refractivity contribution in [3.63, 3.8) is 0 Å². The van der Waals surface area contributed by atoms with E-state index < -0.39 is 0 Å². The van der Waals surface area contributed by atoms with Gasteiger partial charge >= 0.3 is 0 Å². The van der Waals surface area contributed by atoms with E-state index in [1.54, 1.807) is 0 Å². The van der Waals surface area contributed by atoms with E-state index in [0.29, 0.717) is 4.64 Å². The van der Waals surface area contributed by atoms with Crippen LogP contribution in [0.5, 0.6) is 0 Å². The lowest BCUT2D eigenvalue weighted by atomic mass is 10.3. The van der Waals surface area contributed by atoms with Crippen LogP contribution in [0.25, 0.3) is 11.4 Å². The van der Waals surface area contributed by atoms with Crippen molar-refractivity contribution in [3.05, 3.63) is 34.9 Å². The number of aromatic nitrogens is 3. The third-order valence-corrected chi connectivity index (χ3v) is 2.22. The van der Waals surface area contributed by atoms with Gasteiger partial charge in [0.15, 0.2) is 0 Å². The molecule has 2 heterocycles. The molecule has 2 N–H and O–H groups in total. The number of aromatic amines is 2. The molecule has 2 aromatic rings. The number of H-pyrrole nitrogens is 2. The fraction of sp³-hybridized carbons (Fsp3) is 0.200. The van der Waals surface area contributed by atoms with Crippen molar-refractivity contribution in [2.75, 3.05) is 0 Å². The molecule has 2 aromatic heterocycles. The van der Waals surface area contributed by atoms with Gasteiger partial charge in [0, 0.05) is 18.7 Å². The Labute approximate surface area is 87.2 Å². The largest absolute Gasteiger partial charge is 0.360 e. The molecule has 0 radical (unpaired) electrons. The fourth-order valence-electron chi connectivity index (χ4n) is 1.32. The van der Waals surface area contributed by atoms with E-state index in [2.05, 4.69) is 15.0 Å². The zero-order chi connectivity index (χ0) is 9.97. The zero-order valence-electron chi connectivity index (χ0n) is 7.87. The standard InChI is InChI=1S/C10H11N3S/c1-2-9-12-8(6-10(14)13-9)7-4-3-5-11-7/h3-6,11H,2H2,1H3,(H,12,13,14). The van der Waals surface area contributed by atoms with Crippen LogP contribution in [0.15, 0.2) is 24.4 Å². The molecule has 0 aliphatic carbocycles. The highest BCUT2D eigenvalue weighted by atomic mass is 32.1. The third kappa shape index (κ3) is 1.75. The lowest BCUT2D eigenvalue weighted by molar-refractivity contribution is 0.934. The van der Waals surface area contributed by atoms with Crippen LogP contribution in [0, 0.1) is 4.64 Å². The van der Waals surface area contributed by atoms with Crippen LogP contribution >= 0.6 is 12.2 Å². The summed E-state index contributed by atoms with van der Waals surface area (Å²) in [6.07, 6.45) is 2.75. The molecule has 0 bridgehead atoms. The average Bonchev–Trinajstić information content (AvgIpc) is 2.69. The molecule has 0 atom stereocenters.